The molecule has 1 aliphatic carbocycles. The molecule has 1 heteroatoms. The van der Waals surface area contributed by atoms with Crippen molar-refractivity contribution in [2.24, 2.45) is 5.92 Å². The molecule has 1 rings (SSSR count). The van der Waals surface area contributed by atoms with Gasteiger partial charge in [-0.3, -0.25) is 0 Å². The molecule has 0 saturated carbocycles. The van der Waals surface area contributed by atoms with Crippen LogP contribution in [-0.4, -0.2) is 0 Å². The van der Waals surface area contributed by atoms with Gasteiger partial charge < -0.3 is 1.43 Å². The molecule has 1 aliphatic rings. The van der Waals surface area contributed by atoms with Gasteiger partial charge in [0.25, 0.3) is 0 Å². The first-order valence-corrected chi connectivity index (χ1v) is 5.61. The predicted molar refractivity (Wildman–Crippen MR) is 60.9 cm³/mol. The molecule has 0 unspecified atom stereocenters. The molecule has 76 valence electrons. The fraction of sp³-hybridized carbons (Fsp3) is 0.692. The molecular weight excluding hydrogens is 163 g/mol. The van der Waals surface area contributed by atoms with Crippen molar-refractivity contribution in [2.75, 3.05) is 0 Å². The molecule has 0 aromatic carbocycles. The smallest absolute Gasteiger partial charge is 1.00 e. The van der Waals surface area contributed by atoms with Gasteiger partial charge in [-0.2, -0.15) is 0 Å². The van der Waals surface area contributed by atoms with E-state index in [9.17, 15) is 0 Å². The van der Waals surface area contributed by atoms with Crippen LogP contribution in [0.15, 0.2) is 23.3 Å². The zero-order chi connectivity index (χ0) is 9.68. The molecule has 0 saturated heterocycles. The van der Waals surface area contributed by atoms with Crippen molar-refractivity contribution in [1.82, 2.24) is 0 Å². The second kappa shape index (κ2) is 7.38. The molecule has 0 N–H and O–H groups in total. The SMILES string of the molecule is CCCCC1=C(CC(C)C)C=CC1.[H-].[Li+]. The number of hydrogen-bond donors (Lipinski definition) is 0. The number of hydrogen-bond acceptors (Lipinski definition) is 0. The van der Waals surface area contributed by atoms with E-state index in [2.05, 4.69) is 32.9 Å². The fourth-order valence-corrected chi connectivity index (χ4v) is 1.90. The van der Waals surface area contributed by atoms with Gasteiger partial charge in [-0.25, -0.2) is 0 Å². The molecular formula is C13H23Li. The first kappa shape index (κ1) is 14.1. The Morgan fingerprint density at radius 2 is 2.14 bits per heavy atom. The summed E-state index contributed by atoms with van der Waals surface area (Å²) in [6.45, 7) is 6.87. The maximum absolute atomic E-state index is 2.34. The summed E-state index contributed by atoms with van der Waals surface area (Å²) in [6.07, 6.45) is 11.2. The van der Waals surface area contributed by atoms with Crippen LogP contribution in [0.3, 0.4) is 0 Å². The zero-order valence-electron chi connectivity index (χ0n) is 11.3. The molecule has 0 spiro atoms. The zero-order valence-corrected chi connectivity index (χ0v) is 10.3. The van der Waals surface area contributed by atoms with Gasteiger partial charge in [-0.15, -0.1) is 0 Å². The average molecular weight is 186 g/mol. The van der Waals surface area contributed by atoms with Gasteiger partial charge in [0.1, 0.15) is 0 Å². The third kappa shape index (κ3) is 4.54. The van der Waals surface area contributed by atoms with E-state index in [1.165, 1.54) is 32.1 Å². The summed E-state index contributed by atoms with van der Waals surface area (Å²) >= 11 is 0. The first-order chi connectivity index (χ1) is 6.24. The molecule has 0 aromatic heterocycles. The average Bonchev–Trinajstić information content (AvgIpc) is 2.48. The van der Waals surface area contributed by atoms with Crippen molar-refractivity contribution in [3.63, 3.8) is 0 Å². The van der Waals surface area contributed by atoms with E-state index >= 15 is 0 Å². The monoisotopic (exact) mass is 186 g/mol. The fourth-order valence-electron chi connectivity index (χ4n) is 1.90. The Morgan fingerprint density at radius 3 is 2.71 bits per heavy atom. The minimum absolute atomic E-state index is 0. The van der Waals surface area contributed by atoms with Crippen molar-refractivity contribution in [2.45, 2.75) is 52.9 Å². The van der Waals surface area contributed by atoms with E-state index in [-0.39, 0.29) is 20.3 Å². The normalized spacial score (nSPS) is 15.1. The summed E-state index contributed by atoms with van der Waals surface area (Å²) in [4.78, 5) is 0. The van der Waals surface area contributed by atoms with E-state index in [4.69, 9.17) is 0 Å². The van der Waals surface area contributed by atoms with Gasteiger partial charge in [0, 0.05) is 0 Å². The summed E-state index contributed by atoms with van der Waals surface area (Å²) in [6, 6.07) is 0. The second-order valence-corrected chi connectivity index (χ2v) is 4.44. The van der Waals surface area contributed by atoms with E-state index in [1.54, 1.807) is 11.1 Å². The molecule has 0 amide bonds. The molecule has 0 radical (unpaired) electrons. The number of unbranched alkanes of at least 4 members (excludes halogenated alkanes) is 1. The van der Waals surface area contributed by atoms with Crippen molar-refractivity contribution in [3.8, 4) is 0 Å². The summed E-state index contributed by atoms with van der Waals surface area (Å²) < 4.78 is 0. The maximum Gasteiger partial charge on any atom is 1.00 e. The van der Waals surface area contributed by atoms with Crippen LogP contribution < -0.4 is 18.9 Å². The Kier molecular flexibility index (Phi) is 7.42. The minimum Gasteiger partial charge on any atom is -1.00 e. The molecule has 0 nitrogen and oxygen atoms in total. The van der Waals surface area contributed by atoms with Crippen LogP contribution in [-0.2, 0) is 0 Å². The summed E-state index contributed by atoms with van der Waals surface area (Å²) in [5, 5.41) is 0. The van der Waals surface area contributed by atoms with Gasteiger partial charge in [0.2, 0.25) is 0 Å². The Labute approximate surface area is 103 Å². The third-order valence-electron chi connectivity index (χ3n) is 2.60. The molecule has 0 bridgehead atoms. The summed E-state index contributed by atoms with van der Waals surface area (Å²) in [7, 11) is 0. The Hall–Kier alpha value is 0.0774. The van der Waals surface area contributed by atoms with Crippen molar-refractivity contribution >= 4 is 0 Å². The van der Waals surface area contributed by atoms with Gasteiger partial charge in [-0.05, 0) is 37.2 Å². The molecule has 0 fully saturated rings. The molecule has 0 atom stereocenters. The van der Waals surface area contributed by atoms with E-state index in [0.29, 0.717) is 0 Å². The minimum atomic E-state index is 0. The standard InChI is InChI=1S/C13H22.Li.H/c1-4-5-7-12-8-6-9-13(12)10-11(2)3;;/h6,9,11H,4-5,7-8,10H2,1-3H3;;/q;+1;-1. The van der Waals surface area contributed by atoms with Crippen LogP contribution in [0, 0.1) is 5.92 Å². The second-order valence-electron chi connectivity index (χ2n) is 4.44. The van der Waals surface area contributed by atoms with E-state index in [0.717, 1.165) is 5.92 Å². The molecule has 0 aliphatic heterocycles. The largest absolute Gasteiger partial charge is 1.00 e. The molecule has 0 aromatic rings. The topological polar surface area (TPSA) is 0 Å². The van der Waals surface area contributed by atoms with Crippen LogP contribution in [0.25, 0.3) is 0 Å². The van der Waals surface area contributed by atoms with Gasteiger partial charge in [-0.1, -0.05) is 44.9 Å². The number of allylic oxidation sites excluding steroid dienone is 4. The van der Waals surface area contributed by atoms with Crippen molar-refractivity contribution < 1.29 is 20.3 Å². The maximum atomic E-state index is 2.34. The molecule has 0 heterocycles. The van der Waals surface area contributed by atoms with Crippen LogP contribution in [0.1, 0.15) is 54.3 Å². The van der Waals surface area contributed by atoms with Gasteiger partial charge in [0.15, 0.2) is 0 Å². The Balaban J connectivity index is 0. The van der Waals surface area contributed by atoms with Crippen LogP contribution in [0.4, 0.5) is 0 Å². The van der Waals surface area contributed by atoms with E-state index in [1.807, 2.05) is 0 Å². The van der Waals surface area contributed by atoms with Crippen LogP contribution >= 0.6 is 0 Å². The Morgan fingerprint density at radius 1 is 1.43 bits per heavy atom. The third-order valence-corrected chi connectivity index (χ3v) is 2.60. The van der Waals surface area contributed by atoms with Crippen LogP contribution in [0.5, 0.6) is 0 Å². The molecule has 14 heavy (non-hydrogen) atoms. The van der Waals surface area contributed by atoms with Gasteiger partial charge in [0.05, 0.1) is 0 Å². The summed E-state index contributed by atoms with van der Waals surface area (Å²) in [5.74, 6) is 0.800. The van der Waals surface area contributed by atoms with E-state index < -0.39 is 0 Å². The predicted octanol–water partition coefficient (Wildman–Crippen LogP) is 1.60. The van der Waals surface area contributed by atoms with Crippen molar-refractivity contribution in [3.05, 3.63) is 23.3 Å². The first-order valence-electron chi connectivity index (χ1n) is 5.61. The quantitative estimate of drug-likeness (QED) is 0.572. The summed E-state index contributed by atoms with van der Waals surface area (Å²) in [5.41, 5.74) is 3.33. The number of rotatable bonds is 5. The van der Waals surface area contributed by atoms with Crippen LogP contribution in [0.2, 0.25) is 0 Å². The Bertz CT molecular complexity index is 217. The van der Waals surface area contributed by atoms with Crippen molar-refractivity contribution in [1.29, 1.82) is 0 Å². The van der Waals surface area contributed by atoms with Gasteiger partial charge >= 0.3 is 18.9 Å².